The number of allylic oxidation sites excluding steroid dienone is 1. The smallest absolute Gasteiger partial charge is 0.387 e. The average Bonchev–Trinajstić information content (AvgIpc) is 3.65. The van der Waals surface area contributed by atoms with Crippen LogP contribution in [0.5, 0.6) is 0 Å². The Morgan fingerprint density at radius 3 is 0.831 bits per heavy atom. The summed E-state index contributed by atoms with van der Waals surface area (Å²) in [5, 5.41) is 14.1. The van der Waals surface area contributed by atoms with Crippen LogP contribution in [0.1, 0.15) is 444 Å². The Morgan fingerprint density at radius 1 is 0.371 bits per heavy atom. The maximum Gasteiger partial charge on any atom is 0.472 e. The van der Waals surface area contributed by atoms with Gasteiger partial charge in [-0.3, -0.25) is 13.8 Å². The number of aliphatic hydroxyl groups is 1. The highest BCUT2D eigenvalue weighted by Crippen LogP contribution is 2.43. The number of unbranched alkanes of at least 4 members (excludes halogenated alkanes) is 64. The van der Waals surface area contributed by atoms with Crippen LogP contribution >= 0.6 is 7.82 Å². The summed E-state index contributed by atoms with van der Waals surface area (Å²) >= 11 is 0. The molecular weight excluding hydrogens is 1120 g/mol. The van der Waals surface area contributed by atoms with E-state index >= 15 is 0 Å². The number of hydrogen-bond donors (Lipinski definition) is 3. The summed E-state index contributed by atoms with van der Waals surface area (Å²) in [6.45, 7) is 4.90. The van der Waals surface area contributed by atoms with Gasteiger partial charge in [-0.15, -0.1) is 0 Å². The SMILES string of the molecule is CCCCCCCCCCCCCCCCCCCCCCCCCCC/C=C/C(O)C(COP(=O)(O)OCC[N+](C)(C)C)NC(=O)CCCCCCCCCCCCCCCCCCCCCCCCCCCCCCCCCCCCCCCCCC. The van der Waals surface area contributed by atoms with Gasteiger partial charge in [-0.2, -0.15) is 0 Å². The number of rotatable bonds is 77. The number of likely N-dealkylation sites (N-methyl/N-ethyl adjacent to an activating group) is 1. The van der Waals surface area contributed by atoms with Gasteiger partial charge in [0.05, 0.1) is 39.9 Å². The summed E-state index contributed by atoms with van der Waals surface area (Å²) in [5.41, 5.74) is 0. The first-order valence-electron chi connectivity index (χ1n) is 40.6. The largest absolute Gasteiger partial charge is 0.472 e. The van der Waals surface area contributed by atoms with Gasteiger partial charge < -0.3 is 19.8 Å². The Labute approximate surface area is 558 Å². The number of nitrogens with one attached hydrogen (secondary N) is 1. The molecular formula is C80H162N2O6P+. The van der Waals surface area contributed by atoms with Crippen LogP contribution in [-0.2, 0) is 18.4 Å². The lowest BCUT2D eigenvalue weighted by Crippen LogP contribution is -2.45. The van der Waals surface area contributed by atoms with Gasteiger partial charge in [-0.1, -0.05) is 431 Å². The predicted molar refractivity (Wildman–Crippen MR) is 392 cm³/mol. The molecule has 532 valence electrons. The highest BCUT2D eigenvalue weighted by atomic mass is 31.2. The maximum atomic E-state index is 13.1. The van der Waals surface area contributed by atoms with E-state index < -0.39 is 20.0 Å². The van der Waals surface area contributed by atoms with E-state index in [1.54, 1.807) is 6.08 Å². The first-order chi connectivity index (χ1) is 43.5. The summed E-state index contributed by atoms with van der Waals surface area (Å²) in [4.78, 5) is 23.5. The molecule has 0 rings (SSSR count). The Balaban J connectivity index is 3.88. The zero-order valence-electron chi connectivity index (χ0n) is 61.2. The van der Waals surface area contributed by atoms with Gasteiger partial charge in [0, 0.05) is 6.42 Å². The lowest BCUT2D eigenvalue weighted by Gasteiger charge is -2.25. The number of carbonyl (C=O) groups is 1. The molecule has 0 aromatic heterocycles. The van der Waals surface area contributed by atoms with Crippen molar-refractivity contribution in [2.45, 2.75) is 456 Å². The molecule has 0 aliphatic rings. The summed E-state index contributed by atoms with van der Waals surface area (Å²) in [6, 6.07) is -0.845. The van der Waals surface area contributed by atoms with Gasteiger partial charge in [0.25, 0.3) is 0 Å². The van der Waals surface area contributed by atoms with Crippen molar-refractivity contribution < 1.29 is 32.9 Å². The standard InChI is InChI=1S/C80H161N2O6P/c1-6-8-10-12-14-16-18-20-22-24-26-28-30-32-34-35-36-37-38-39-40-41-42-43-44-45-46-48-50-52-54-56-58-60-62-64-66-68-70-72-74-80(84)81-78(77-88-89(85,86)87-76-75-82(3,4)5)79(83)73-71-69-67-65-63-61-59-57-55-53-51-49-47-33-31-29-27-25-23-21-19-17-15-13-11-9-7-2/h71,73,78-79,83H,6-70,72,74-77H2,1-5H3,(H-,81,84,85,86)/p+1/b73-71+. The quantitative estimate of drug-likeness (QED) is 0.0243. The fourth-order valence-corrected chi connectivity index (χ4v) is 13.7. The lowest BCUT2D eigenvalue weighted by atomic mass is 10.0. The molecule has 0 aromatic carbocycles. The molecule has 0 aliphatic carbocycles. The second-order valence-electron chi connectivity index (χ2n) is 29.5. The molecule has 3 unspecified atom stereocenters. The molecule has 9 heteroatoms. The van der Waals surface area contributed by atoms with Crippen LogP contribution in [0.15, 0.2) is 12.2 Å². The zero-order valence-corrected chi connectivity index (χ0v) is 62.1. The molecule has 8 nitrogen and oxygen atoms in total. The minimum Gasteiger partial charge on any atom is -0.387 e. The van der Waals surface area contributed by atoms with E-state index in [1.807, 2.05) is 27.2 Å². The molecule has 0 aliphatic heterocycles. The van der Waals surface area contributed by atoms with Gasteiger partial charge in [-0.25, -0.2) is 4.57 Å². The van der Waals surface area contributed by atoms with Crippen molar-refractivity contribution in [3.8, 4) is 0 Å². The van der Waals surface area contributed by atoms with Crippen LogP contribution in [0.25, 0.3) is 0 Å². The number of quaternary nitrogens is 1. The van der Waals surface area contributed by atoms with Crippen molar-refractivity contribution in [2.75, 3.05) is 40.9 Å². The molecule has 0 bridgehead atoms. The van der Waals surface area contributed by atoms with Crippen LogP contribution in [0, 0.1) is 0 Å². The molecule has 3 atom stereocenters. The van der Waals surface area contributed by atoms with Crippen LogP contribution < -0.4 is 5.32 Å². The first kappa shape index (κ1) is 88.2. The van der Waals surface area contributed by atoms with E-state index in [0.29, 0.717) is 17.4 Å². The van der Waals surface area contributed by atoms with E-state index in [2.05, 4.69) is 19.2 Å². The molecule has 1 amide bonds. The Bertz CT molecular complexity index is 1460. The van der Waals surface area contributed by atoms with Crippen LogP contribution in [-0.4, -0.2) is 73.4 Å². The molecule has 89 heavy (non-hydrogen) atoms. The van der Waals surface area contributed by atoms with Crippen molar-refractivity contribution in [1.29, 1.82) is 0 Å². The third-order valence-corrected chi connectivity index (χ3v) is 20.2. The third-order valence-electron chi connectivity index (χ3n) is 19.3. The van der Waals surface area contributed by atoms with E-state index in [1.165, 1.54) is 392 Å². The van der Waals surface area contributed by atoms with Crippen molar-refractivity contribution >= 4 is 13.7 Å². The maximum absolute atomic E-state index is 13.1. The van der Waals surface area contributed by atoms with E-state index in [-0.39, 0.29) is 19.1 Å². The normalized spacial score (nSPS) is 13.5. The minimum atomic E-state index is -4.35. The molecule has 0 heterocycles. The topological polar surface area (TPSA) is 105 Å². The molecule has 0 aromatic rings. The fourth-order valence-electron chi connectivity index (χ4n) is 13.0. The number of carbonyl (C=O) groups excluding carboxylic acids is 1. The zero-order chi connectivity index (χ0) is 64.8. The molecule has 3 N–H and O–H groups in total. The van der Waals surface area contributed by atoms with Gasteiger partial charge in [0.2, 0.25) is 5.91 Å². The van der Waals surface area contributed by atoms with Crippen LogP contribution in [0.3, 0.4) is 0 Å². The van der Waals surface area contributed by atoms with Crippen LogP contribution in [0.2, 0.25) is 0 Å². The van der Waals surface area contributed by atoms with Crippen molar-refractivity contribution in [1.82, 2.24) is 5.32 Å². The fraction of sp³-hybridized carbons (Fsp3) is 0.963. The summed E-state index contributed by atoms with van der Waals surface area (Å²) in [7, 11) is 1.60. The summed E-state index contributed by atoms with van der Waals surface area (Å²) in [6.07, 6.45) is 94.2. The summed E-state index contributed by atoms with van der Waals surface area (Å²) in [5.74, 6) is -0.165. The van der Waals surface area contributed by atoms with Gasteiger partial charge in [-0.05, 0) is 19.3 Å². The van der Waals surface area contributed by atoms with Crippen molar-refractivity contribution in [2.24, 2.45) is 0 Å². The molecule has 0 spiro atoms. The second kappa shape index (κ2) is 71.5. The first-order valence-corrected chi connectivity index (χ1v) is 42.1. The van der Waals surface area contributed by atoms with Crippen molar-refractivity contribution in [3.63, 3.8) is 0 Å². The molecule has 0 saturated carbocycles. The van der Waals surface area contributed by atoms with E-state index in [0.717, 1.165) is 32.1 Å². The second-order valence-corrected chi connectivity index (χ2v) is 31.0. The van der Waals surface area contributed by atoms with Gasteiger partial charge in [0.1, 0.15) is 13.2 Å². The van der Waals surface area contributed by atoms with Crippen LogP contribution in [0.4, 0.5) is 0 Å². The third kappa shape index (κ3) is 74.5. The monoisotopic (exact) mass is 1280 g/mol. The van der Waals surface area contributed by atoms with E-state index in [9.17, 15) is 19.4 Å². The predicted octanol–water partition coefficient (Wildman–Crippen LogP) is 26.4. The Morgan fingerprint density at radius 2 is 0.596 bits per heavy atom. The molecule has 0 fully saturated rings. The summed E-state index contributed by atoms with van der Waals surface area (Å²) < 4.78 is 23.9. The molecule has 0 radical (unpaired) electrons. The number of phosphoric acid groups is 1. The average molecular weight is 1280 g/mol. The highest BCUT2D eigenvalue weighted by molar-refractivity contribution is 7.47. The Hall–Kier alpha value is -0.760. The van der Waals surface area contributed by atoms with Gasteiger partial charge >= 0.3 is 7.82 Å². The number of aliphatic hydroxyl groups excluding tert-OH is 1. The lowest BCUT2D eigenvalue weighted by molar-refractivity contribution is -0.870. The van der Waals surface area contributed by atoms with Crippen molar-refractivity contribution in [3.05, 3.63) is 12.2 Å². The number of nitrogens with zero attached hydrogens (tertiary/aromatic N) is 1. The minimum absolute atomic E-state index is 0.0656. The number of amides is 1. The van der Waals surface area contributed by atoms with Gasteiger partial charge in [0.15, 0.2) is 0 Å². The Kier molecular flexibility index (Phi) is 70.9. The number of hydrogen-bond acceptors (Lipinski definition) is 5. The highest BCUT2D eigenvalue weighted by Gasteiger charge is 2.28. The molecule has 0 saturated heterocycles. The number of phosphoric ester groups is 1. The van der Waals surface area contributed by atoms with E-state index in [4.69, 9.17) is 9.05 Å².